The second kappa shape index (κ2) is 7.73. The Morgan fingerprint density at radius 3 is 2.00 bits per heavy atom. The van der Waals surface area contributed by atoms with Gasteiger partial charge in [-0.25, -0.2) is 24.6 Å². The van der Waals surface area contributed by atoms with Crippen molar-refractivity contribution in [1.29, 1.82) is 0 Å². The molecule has 0 unspecified atom stereocenters. The van der Waals surface area contributed by atoms with Crippen LogP contribution in [0.2, 0.25) is 0 Å². The van der Waals surface area contributed by atoms with E-state index in [9.17, 15) is 35.5 Å². The van der Waals surface area contributed by atoms with Crippen LogP contribution in [-0.4, -0.2) is 35.6 Å². The van der Waals surface area contributed by atoms with Crippen molar-refractivity contribution in [2.75, 3.05) is 0 Å². The second-order valence-electron chi connectivity index (χ2n) is 5.82. The quantitative estimate of drug-likeness (QED) is 0.374. The van der Waals surface area contributed by atoms with Gasteiger partial charge >= 0.3 is 18.4 Å². The van der Waals surface area contributed by atoms with Crippen molar-refractivity contribution >= 4 is 17.7 Å². The molecule has 3 aromatic rings. The van der Waals surface area contributed by atoms with E-state index in [-0.39, 0.29) is 11.1 Å². The Labute approximate surface area is 167 Å². The van der Waals surface area contributed by atoms with E-state index in [0.717, 1.165) is 29.6 Å². The van der Waals surface area contributed by atoms with Crippen LogP contribution in [0.5, 0.6) is 0 Å². The van der Waals surface area contributed by atoms with Crippen LogP contribution in [0.1, 0.15) is 17.0 Å². The molecular formula is C16H8F7N7O. The first-order chi connectivity index (χ1) is 14.3. The second-order valence-corrected chi connectivity index (χ2v) is 5.82. The van der Waals surface area contributed by atoms with E-state index in [2.05, 4.69) is 25.0 Å². The largest absolute Gasteiger partial charge is 0.433 e. The highest BCUT2D eigenvalue weighted by Gasteiger charge is 2.39. The highest BCUT2D eigenvalue weighted by Crippen LogP contribution is 2.35. The molecule has 0 spiro atoms. The number of nitrogens with zero attached hydrogens (tertiary/aromatic N) is 6. The molecule has 3 rings (SSSR count). The summed E-state index contributed by atoms with van der Waals surface area (Å²) < 4.78 is 91.4. The first kappa shape index (κ1) is 21.8. The summed E-state index contributed by atoms with van der Waals surface area (Å²) in [4.78, 5) is 24.4. The smallest absolute Gasteiger partial charge is 0.366 e. The van der Waals surface area contributed by atoms with Crippen LogP contribution in [0.3, 0.4) is 0 Å². The molecular weight excluding hydrogens is 439 g/mol. The fourth-order valence-corrected chi connectivity index (χ4v) is 2.28. The molecule has 0 bridgehead atoms. The number of pyridine rings is 1. The summed E-state index contributed by atoms with van der Waals surface area (Å²) in [7, 11) is 0. The van der Waals surface area contributed by atoms with Crippen molar-refractivity contribution < 1.29 is 35.5 Å². The zero-order valence-corrected chi connectivity index (χ0v) is 14.8. The number of carbonyl (C=O) groups excluding carboxylic acids is 1. The van der Waals surface area contributed by atoms with E-state index in [1.165, 1.54) is 0 Å². The molecule has 2 N–H and O–H groups in total. The Kier molecular flexibility index (Phi) is 5.43. The molecule has 0 radical (unpaired) electrons. The fraction of sp³-hybridized carbons (Fsp3) is 0.125. The lowest BCUT2D eigenvalue weighted by Gasteiger charge is -2.11. The van der Waals surface area contributed by atoms with Crippen molar-refractivity contribution in [3.8, 4) is 11.4 Å². The Balaban J connectivity index is 2.06. The Hall–Kier alpha value is -3.91. The van der Waals surface area contributed by atoms with Crippen molar-refractivity contribution in [3.05, 3.63) is 53.9 Å². The molecule has 15 heteroatoms. The van der Waals surface area contributed by atoms with Crippen LogP contribution >= 0.6 is 0 Å². The zero-order valence-electron chi connectivity index (χ0n) is 14.8. The van der Waals surface area contributed by atoms with Crippen molar-refractivity contribution in [2.24, 2.45) is 5.73 Å². The van der Waals surface area contributed by atoms with Crippen LogP contribution in [0.15, 0.2) is 30.9 Å². The van der Waals surface area contributed by atoms with E-state index in [1.54, 1.807) is 0 Å². The SMILES string of the molecule is NC(=O)/C(=C/n1cnc(-c2cc(C(F)(F)F)nc(C(F)(F)F)c2)n1)c1cnc(F)nc1. The average Bonchev–Trinajstić information content (AvgIpc) is 3.14. The Morgan fingerprint density at radius 1 is 0.968 bits per heavy atom. The average molecular weight is 447 g/mol. The van der Waals surface area contributed by atoms with Crippen LogP contribution in [-0.2, 0) is 17.1 Å². The number of halogens is 7. The molecule has 0 saturated carbocycles. The number of alkyl halides is 6. The van der Waals surface area contributed by atoms with Crippen molar-refractivity contribution in [1.82, 2.24) is 29.7 Å². The number of carbonyl (C=O) groups is 1. The first-order valence-corrected chi connectivity index (χ1v) is 7.92. The van der Waals surface area contributed by atoms with E-state index >= 15 is 0 Å². The summed E-state index contributed by atoms with van der Waals surface area (Å²) >= 11 is 0. The minimum atomic E-state index is -5.15. The molecule has 0 aliphatic carbocycles. The van der Waals surface area contributed by atoms with Crippen molar-refractivity contribution in [2.45, 2.75) is 12.4 Å². The lowest BCUT2D eigenvalue weighted by molar-refractivity contribution is -0.150. The maximum Gasteiger partial charge on any atom is 0.433 e. The monoisotopic (exact) mass is 447 g/mol. The van der Waals surface area contributed by atoms with Gasteiger partial charge in [0.15, 0.2) is 5.82 Å². The van der Waals surface area contributed by atoms with Crippen LogP contribution in [0.4, 0.5) is 30.7 Å². The lowest BCUT2D eigenvalue weighted by Crippen LogP contribution is -2.15. The standard InChI is InChI=1S/C16H8F7N7O/c17-14-25-3-8(4-26-14)9(12(24)31)5-30-6-27-13(29-30)7-1-10(15(18,19)20)28-11(2-7)16(21,22)23/h1-6H,(H2,24,31)/b9-5+. The van der Waals surface area contributed by atoms with Crippen molar-refractivity contribution in [3.63, 3.8) is 0 Å². The maximum absolute atomic E-state index is 13.0. The number of nitrogens with two attached hydrogens (primary N) is 1. The van der Waals surface area contributed by atoms with Gasteiger partial charge in [-0.1, -0.05) is 0 Å². The topological polar surface area (TPSA) is 112 Å². The van der Waals surface area contributed by atoms with Gasteiger partial charge in [-0.3, -0.25) is 4.79 Å². The molecule has 0 aromatic carbocycles. The minimum absolute atomic E-state index is 0.0198. The van der Waals surface area contributed by atoms with Crippen LogP contribution < -0.4 is 5.73 Å². The lowest BCUT2D eigenvalue weighted by atomic mass is 10.1. The van der Waals surface area contributed by atoms with Crippen LogP contribution in [0.25, 0.3) is 23.2 Å². The molecule has 162 valence electrons. The molecule has 0 aliphatic rings. The van der Waals surface area contributed by atoms with Crippen LogP contribution in [0, 0.1) is 6.08 Å². The van der Waals surface area contributed by atoms with Gasteiger partial charge in [0.05, 0.1) is 5.57 Å². The van der Waals surface area contributed by atoms with E-state index < -0.39 is 47.1 Å². The summed E-state index contributed by atoms with van der Waals surface area (Å²) in [6.07, 6.45) is -7.64. The zero-order chi connectivity index (χ0) is 23.0. The molecule has 8 nitrogen and oxygen atoms in total. The molecule has 31 heavy (non-hydrogen) atoms. The Morgan fingerprint density at radius 2 is 1.52 bits per heavy atom. The molecule has 1 amide bonds. The first-order valence-electron chi connectivity index (χ1n) is 7.92. The molecule has 0 fully saturated rings. The predicted molar refractivity (Wildman–Crippen MR) is 88.6 cm³/mol. The number of amides is 1. The highest BCUT2D eigenvalue weighted by atomic mass is 19.4. The summed E-state index contributed by atoms with van der Waals surface area (Å²) in [6.45, 7) is 0. The van der Waals surface area contributed by atoms with Gasteiger partial charge in [0.2, 0.25) is 0 Å². The van der Waals surface area contributed by atoms with Gasteiger partial charge in [-0.15, -0.1) is 5.10 Å². The van der Waals surface area contributed by atoms with Gasteiger partial charge in [-0.2, -0.15) is 30.7 Å². The summed E-state index contributed by atoms with van der Waals surface area (Å²) in [5.41, 5.74) is 0.741. The maximum atomic E-state index is 13.0. The minimum Gasteiger partial charge on any atom is -0.366 e. The van der Waals surface area contributed by atoms with Gasteiger partial charge < -0.3 is 5.73 Å². The number of primary amides is 1. The third kappa shape index (κ3) is 4.99. The molecule has 3 aromatic heterocycles. The van der Waals surface area contributed by atoms with Gasteiger partial charge in [-0.05, 0) is 12.1 Å². The summed E-state index contributed by atoms with van der Waals surface area (Å²) in [6, 6.07) is 0.697. The highest BCUT2D eigenvalue weighted by molar-refractivity contribution is 6.22. The molecule has 0 saturated heterocycles. The number of rotatable bonds is 4. The van der Waals surface area contributed by atoms with E-state index in [4.69, 9.17) is 5.73 Å². The number of aromatic nitrogens is 6. The number of hydrogen-bond acceptors (Lipinski definition) is 6. The third-order valence-electron chi connectivity index (χ3n) is 3.63. The predicted octanol–water partition coefficient (Wildman–Crippen LogP) is 2.79. The molecule has 3 heterocycles. The van der Waals surface area contributed by atoms with E-state index in [1.807, 2.05) is 0 Å². The molecule has 0 atom stereocenters. The van der Waals surface area contributed by atoms with Gasteiger partial charge in [0.25, 0.3) is 5.91 Å². The summed E-state index contributed by atoms with van der Waals surface area (Å²) in [5.74, 6) is -1.54. The normalized spacial score (nSPS) is 12.8. The van der Waals surface area contributed by atoms with E-state index in [0.29, 0.717) is 12.1 Å². The Bertz CT molecular complexity index is 1120. The number of hydrogen-bond donors (Lipinski definition) is 1. The van der Waals surface area contributed by atoms with Gasteiger partial charge in [0.1, 0.15) is 17.7 Å². The summed E-state index contributed by atoms with van der Waals surface area (Å²) in [5, 5.41) is 3.74. The van der Waals surface area contributed by atoms with Gasteiger partial charge in [0, 0.05) is 29.7 Å². The molecule has 0 aliphatic heterocycles. The fourth-order valence-electron chi connectivity index (χ4n) is 2.28. The third-order valence-corrected chi connectivity index (χ3v) is 3.63.